The van der Waals surface area contributed by atoms with E-state index in [0.29, 0.717) is 0 Å². The number of furan rings is 1. The predicted molar refractivity (Wildman–Crippen MR) is 65.0 cm³/mol. The quantitative estimate of drug-likeness (QED) is 0.720. The van der Waals surface area contributed by atoms with E-state index in [1.807, 2.05) is 23.9 Å². The Morgan fingerprint density at radius 3 is 3.13 bits per heavy atom. The summed E-state index contributed by atoms with van der Waals surface area (Å²) in [5.74, 6) is 3.00. The summed E-state index contributed by atoms with van der Waals surface area (Å²) in [5, 5.41) is 3.46. The fraction of sp³-hybridized carbons (Fsp3) is 0.500. The summed E-state index contributed by atoms with van der Waals surface area (Å²) in [4.78, 5) is 0. The average Bonchev–Trinajstić information content (AvgIpc) is 2.92. The zero-order valence-corrected chi connectivity index (χ0v) is 9.69. The Bertz CT molecular complexity index is 303. The van der Waals surface area contributed by atoms with Gasteiger partial charge < -0.3 is 9.73 Å². The van der Waals surface area contributed by atoms with Crippen molar-refractivity contribution in [2.24, 2.45) is 0 Å². The molecular formula is C12H17NOS. The van der Waals surface area contributed by atoms with Gasteiger partial charge in [-0.15, -0.1) is 11.8 Å². The molecule has 0 aromatic carbocycles. The normalized spacial score (nSPS) is 15.5. The lowest BCUT2D eigenvalue weighted by Crippen LogP contribution is -2.19. The lowest BCUT2D eigenvalue weighted by atomic mass is 10.3. The van der Waals surface area contributed by atoms with Crippen LogP contribution in [0.15, 0.2) is 35.0 Å². The minimum atomic E-state index is 0.775. The summed E-state index contributed by atoms with van der Waals surface area (Å²) in [7, 11) is 0. The molecule has 1 heterocycles. The van der Waals surface area contributed by atoms with E-state index in [-0.39, 0.29) is 0 Å². The van der Waals surface area contributed by atoms with Gasteiger partial charge in [-0.25, -0.2) is 0 Å². The van der Waals surface area contributed by atoms with Gasteiger partial charge in [0.1, 0.15) is 5.76 Å². The first-order chi connectivity index (χ1) is 7.34. The summed E-state index contributed by atoms with van der Waals surface area (Å²) < 4.78 is 5.26. The molecule has 1 aromatic rings. The Morgan fingerprint density at radius 2 is 2.47 bits per heavy atom. The Hall–Kier alpha value is -0.670. The summed E-state index contributed by atoms with van der Waals surface area (Å²) in [6.45, 7) is 5.03. The van der Waals surface area contributed by atoms with Crippen LogP contribution in [0.2, 0.25) is 0 Å². The topological polar surface area (TPSA) is 25.2 Å². The smallest absolute Gasteiger partial charge is 0.113 e. The molecule has 0 radical (unpaired) electrons. The largest absolute Gasteiger partial charge is 0.468 e. The minimum absolute atomic E-state index is 0.775. The third-order valence-electron chi connectivity index (χ3n) is 2.35. The van der Waals surface area contributed by atoms with Gasteiger partial charge in [0.25, 0.3) is 0 Å². The van der Waals surface area contributed by atoms with E-state index in [0.717, 1.165) is 29.9 Å². The Morgan fingerprint density at radius 1 is 1.60 bits per heavy atom. The van der Waals surface area contributed by atoms with E-state index >= 15 is 0 Å². The summed E-state index contributed by atoms with van der Waals surface area (Å²) in [6.07, 6.45) is 4.40. The molecule has 0 spiro atoms. The van der Waals surface area contributed by atoms with Crippen LogP contribution >= 0.6 is 11.8 Å². The predicted octanol–water partition coefficient (Wildman–Crippen LogP) is 2.82. The highest BCUT2D eigenvalue weighted by atomic mass is 32.2. The molecule has 1 saturated carbocycles. The van der Waals surface area contributed by atoms with Gasteiger partial charge in [0.05, 0.1) is 12.0 Å². The van der Waals surface area contributed by atoms with E-state index in [4.69, 9.17) is 4.42 Å². The van der Waals surface area contributed by atoms with Crippen molar-refractivity contribution in [3.63, 3.8) is 0 Å². The maximum absolute atomic E-state index is 5.26. The van der Waals surface area contributed by atoms with Gasteiger partial charge in [0, 0.05) is 18.3 Å². The Labute approximate surface area is 95.1 Å². The van der Waals surface area contributed by atoms with Crippen LogP contribution in [0.1, 0.15) is 18.6 Å². The van der Waals surface area contributed by atoms with Crippen LogP contribution in [0.4, 0.5) is 0 Å². The first kappa shape index (κ1) is 10.8. The lowest BCUT2D eigenvalue weighted by Gasteiger charge is -2.05. The second-order valence-corrected chi connectivity index (χ2v) is 4.96. The maximum atomic E-state index is 5.26. The SMILES string of the molecule is C=C(CNC1CC1)CSCc1ccco1. The van der Waals surface area contributed by atoms with Crippen molar-refractivity contribution >= 4 is 11.8 Å². The molecule has 0 aliphatic heterocycles. The molecule has 1 aliphatic rings. The maximum Gasteiger partial charge on any atom is 0.113 e. The molecule has 0 bridgehead atoms. The second-order valence-electron chi connectivity index (χ2n) is 3.98. The fourth-order valence-corrected chi connectivity index (χ4v) is 2.18. The van der Waals surface area contributed by atoms with Gasteiger partial charge in [0.15, 0.2) is 0 Å². The van der Waals surface area contributed by atoms with Crippen LogP contribution in [0, 0.1) is 0 Å². The molecule has 15 heavy (non-hydrogen) atoms. The van der Waals surface area contributed by atoms with Crippen molar-refractivity contribution in [3.05, 3.63) is 36.3 Å². The molecule has 0 amide bonds. The van der Waals surface area contributed by atoms with Gasteiger partial charge in [-0.2, -0.15) is 0 Å². The van der Waals surface area contributed by atoms with Crippen LogP contribution in [-0.4, -0.2) is 18.3 Å². The molecular weight excluding hydrogens is 206 g/mol. The number of hydrogen-bond donors (Lipinski definition) is 1. The summed E-state index contributed by atoms with van der Waals surface area (Å²) in [5.41, 5.74) is 1.28. The van der Waals surface area contributed by atoms with E-state index in [9.17, 15) is 0 Å². The molecule has 1 N–H and O–H groups in total. The van der Waals surface area contributed by atoms with Gasteiger partial charge in [-0.05, 0) is 25.0 Å². The first-order valence-corrected chi connectivity index (χ1v) is 6.50. The van der Waals surface area contributed by atoms with Crippen LogP contribution in [-0.2, 0) is 5.75 Å². The zero-order valence-electron chi connectivity index (χ0n) is 8.87. The summed E-state index contributed by atoms with van der Waals surface area (Å²) in [6, 6.07) is 4.72. The van der Waals surface area contributed by atoms with Crippen molar-refractivity contribution in [1.82, 2.24) is 5.32 Å². The standard InChI is InChI=1S/C12H17NOS/c1-10(7-13-11-4-5-11)8-15-9-12-3-2-6-14-12/h2-3,6,11,13H,1,4-5,7-9H2. The molecule has 82 valence electrons. The zero-order chi connectivity index (χ0) is 10.5. The second kappa shape index (κ2) is 5.42. The fourth-order valence-electron chi connectivity index (χ4n) is 1.32. The highest BCUT2D eigenvalue weighted by Crippen LogP contribution is 2.19. The summed E-state index contributed by atoms with van der Waals surface area (Å²) >= 11 is 1.86. The highest BCUT2D eigenvalue weighted by Gasteiger charge is 2.19. The van der Waals surface area contributed by atoms with Gasteiger partial charge >= 0.3 is 0 Å². The van der Waals surface area contributed by atoms with Crippen molar-refractivity contribution in [2.75, 3.05) is 12.3 Å². The number of hydrogen-bond acceptors (Lipinski definition) is 3. The average molecular weight is 223 g/mol. The Balaban J connectivity index is 1.54. The van der Waals surface area contributed by atoms with E-state index < -0.39 is 0 Å². The third-order valence-corrected chi connectivity index (χ3v) is 3.45. The van der Waals surface area contributed by atoms with Crippen molar-refractivity contribution in [2.45, 2.75) is 24.6 Å². The Kier molecular flexibility index (Phi) is 3.92. The highest BCUT2D eigenvalue weighted by molar-refractivity contribution is 7.98. The van der Waals surface area contributed by atoms with Crippen molar-refractivity contribution in [3.8, 4) is 0 Å². The molecule has 3 heteroatoms. The molecule has 2 nitrogen and oxygen atoms in total. The van der Waals surface area contributed by atoms with E-state index in [2.05, 4.69) is 11.9 Å². The van der Waals surface area contributed by atoms with Gasteiger partial charge in [-0.3, -0.25) is 0 Å². The van der Waals surface area contributed by atoms with Crippen LogP contribution in [0.5, 0.6) is 0 Å². The molecule has 2 rings (SSSR count). The van der Waals surface area contributed by atoms with Crippen LogP contribution in [0.3, 0.4) is 0 Å². The molecule has 1 aliphatic carbocycles. The van der Waals surface area contributed by atoms with Gasteiger partial charge in [0.2, 0.25) is 0 Å². The van der Waals surface area contributed by atoms with Crippen LogP contribution < -0.4 is 5.32 Å². The van der Waals surface area contributed by atoms with Crippen molar-refractivity contribution < 1.29 is 4.42 Å². The molecule has 1 fully saturated rings. The van der Waals surface area contributed by atoms with Crippen LogP contribution in [0.25, 0.3) is 0 Å². The lowest BCUT2D eigenvalue weighted by molar-refractivity contribution is 0.530. The van der Waals surface area contributed by atoms with Gasteiger partial charge in [-0.1, -0.05) is 12.2 Å². The number of rotatable bonds is 7. The molecule has 0 unspecified atom stereocenters. The molecule has 1 aromatic heterocycles. The third kappa shape index (κ3) is 4.14. The van der Waals surface area contributed by atoms with E-state index in [1.165, 1.54) is 18.4 Å². The van der Waals surface area contributed by atoms with Crippen molar-refractivity contribution in [1.29, 1.82) is 0 Å². The first-order valence-electron chi connectivity index (χ1n) is 5.35. The number of nitrogens with one attached hydrogen (secondary N) is 1. The minimum Gasteiger partial charge on any atom is -0.468 e. The van der Waals surface area contributed by atoms with E-state index in [1.54, 1.807) is 6.26 Å². The number of thioether (sulfide) groups is 1. The monoisotopic (exact) mass is 223 g/mol. The molecule has 0 saturated heterocycles. The molecule has 0 atom stereocenters.